The van der Waals surface area contributed by atoms with Gasteiger partial charge in [0.1, 0.15) is 17.5 Å². The molecule has 0 spiro atoms. The number of aromatic nitrogens is 2. The summed E-state index contributed by atoms with van der Waals surface area (Å²) in [5.41, 5.74) is 3.73. The van der Waals surface area contributed by atoms with Crippen LogP contribution in [-0.2, 0) is 5.41 Å². The van der Waals surface area contributed by atoms with Crippen molar-refractivity contribution < 1.29 is 0 Å². The Labute approximate surface area is 109 Å². The molecule has 5 nitrogen and oxygen atoms in total. The fraction of sp³-hybridized carbons (Fsp3) is 0.692. The molecule has 1 heterocycles. The third-order valence-electron chi connectivity index (χ3n) is 3.37. The standard InChI is InChI=1S/C13H23N5/c1-8-9(17-13(5)6-7-13)15-11(12(2,3)4)16-10(8)18-14/h6-7,14H2,1-5H3,(H2,15,16,17,18). The van der Waals surface area contributed by atoms with E-state index in [-0.39, 0.29) is 11.0 Å². The van der Waals surface area contributed by atoms with Gasteiger partial charge in [-0.05, 0) is 26.7 Å². The smallest absolute Gasteiger partial charge is 0.148 e. The summed E-state index contributed by atoms with van der Waals surface area (Å²) in [5, 5.41) is 3.50. The average molecular weight is 249 g/mol. The van der Waals surface area contributed by atoms with Crippen LogP contribution < -0.4 is 16.6 Å². The molecule has 0 aromatic carbocycles. The third-order valence-corrected chi connectivity index (χ3v) is 3.37. The van der Waals surface area contributed by atoms with E-state index >= 15 is 0 Å². The van der Waals surface area contributed by atoms with E-state index in [1.807, 2.05) is 6.92 Å². The number of hydrazine groups is 1. The number of nitrogens with two attached hydrogens (primary N) is 1. The number of hydrogen-bond donors (Lipinski definition) is 3. The average Bonchev–Trinajstić information content (AvgIpc) is 2.98. The van der Waals surface area contributed by atoms with Crippen molar-refractivity contribution in [2.45, 2.75) is 58.4 Å². The second-order valence-electron chi connectivity index (χ2n) is 6.45. The Kier molecular flexibility index (Phi) is 2.97. The number of rotatable bonds is 3. The van der Waals surface area contributed by atoms with Gasteiger partial charge in [-0.15, -0.1) is 0 Å². The van der Waals surface area contributed by atoms with Gasteiger partial charge in [0.05, 0.1) is 0 Å². The molecule has 18 heavy (non-hydrogen) atoms. The Hall–Kier alpha value is -1.36. The molecular weight excluding hydrogens is 226 g/mol. The van der Waals surface area contributed by atoms with Crippen molar-refractivity contribution in [1.82, 2.24) is 9.97 Å². The van der Waals surface area contributed by atoms with E-state index in [0.717, 1.165) is 17.2 Å². The minimum absolute atomic E-state index is 0.0970. The second-order valence-corrected chi connectivity index (χ2v) is 6.45. The maximum atomic E-state index is 5.54. The summed E-state index contributed by atoms with van der Waals surface area (Å²) in [6.45, 7) is 10.5. The first-order valence-electron chi connectivity index (χ1n) is 6.39. The number of nitrogen functional groups attached to an aromatic ring is 1. The molecule has 2 rings (SSSR count). The molecule has 1 saturated carbocycles. The normalized spacial score (nSPS) is 17.4. The summed E-state index contributed by atoms with van der Waals surface area (Å²) >= 11 is 0. The Balaban J connectivity index is 2.43. The Morgan fingerprint density at radius 2 is 1.72 bits per heavy atom. The first-order valence-corrected chi connectivity index (χ1v) is 6.39. The third kappa shape index (κ3) is 2.56. The van der Waals surface area contributed by atoms with Crippen molar-refractivity contribution >= 4 is 11.6 Å². The van der Waals surface area contributed by atoms with Crippen LogP contribution in [-0.4, -0.2) is 15.5 Å². The van der Waals surface area contributed by atoms with Crippen LogP contribution in [0.5, 0.6) is 0 Å². The fourth-order valence-electron chi connectivity index (χ4n) is 1.71. The molecule has 4 N–H and O–H groups in total. The van der Waals surface area contributed by atoms with Crippen LogP contribution in [0.2, 0.25) is 0 Å². The van der Waals surface area contributed by atoms with E-state index in [0.29, 0.717) is 5.82 Å². The molecule has 0 unspecified atom stereocenters. The minimum Gasteiger partial charge on any atom is -0.365 e. The lowest BCUT2D eigenvalue weighted by Crippen LogP contribution is -2.24. The van der Waals surface area contributed by atoms with Crippen LogP contribution in [0.3, 0.4) is 0 Å². The van der Waals surface area contributed by atoms with Gasteiger partial charge in [-0.25, -0.2) is 15.8 Å². The highest BCUT2D eigenvalue weighted by Crippen LogP contribution is 2.39. The van der Waals surface area contributed by atoms with Gasteiger partial charge >= 0.3 is 0 Å². The van der Waals surface area contributed by atoms with Crippen molar-refractivity contribution in [3.63, 3.8) is 0 Å². The molecule has 1 aliphatic rings. The minimum atomic E-state index is -0.0970. The first kappa shape index (κ1) is 13.1. The number of hydrogen-bond acceptors (Lipinski definition) is 5. The van der Waals surface area contributed by atoms with Gasteiger partial charge in [-0.3, -0.25) is 0 Å². The largest absolute Gasteiger partial charge is 0.365 e. The van der Waals surface area contributed by atoms with Crippen LogP contribution in [0, 0.1) is 6.92 Å². The van der Waals surface area contributed by atoms with Gasteiger partial charge in [0.15, 0.2) is 0 Å². The van der Waals surface area contributed by atoms with Crippen molar-refractivity contribution in [3.05, 3.63) is 11.4 Å². The Morgan fingerprint density at radius 3 is 2.17 bits per heavy atom. The van der Waals surface area contributed by atoms with Crippen molar-refractivity contribution in [2.75, 3.05) is 10.7 Å². The van der Waals surface area contributed by atoms with Gasteiger partial charge in [-0.1, -0.05) is 20.8 Å². The van der Waals surface area contributed by atoms with Crippen LogP contribution in [0.1, 0.15) is 51.9 Å². The van der Waals surface area contributed by atoms with Crippen molar-refractivity contribution in [2.24, 2.45) is 5.84 Å². The molecule has 0 saturated heterocycles. The number of anilines is 2. The van der Waals surface area contributed by atoms with Crippen LogP contribution in [0.25, 0.3) is 0 Å². The van der Waals surface area contributed by atoms with Gasteiger partial charge in [0.2, 0.25) is 0 Å². The van der Waals surface area contributed by atoms with Gasteiger partial charge in [0, 0.05) is 16.5 Å². The molecule has 1 aromatic heterocycles. The Morgan fingerprint density at radius 1 is 1.17 bits per heavy atom. The van der Waals surface area contributed by atoms with E-state index in [9.17, 15) is 0 Å². The van der Waals surface area contributed by atoms with Gasteiger partial charge in [0.25, 0.3) is 0 Å². The van der Waals surface area contributed by atoms with E-state index < -0.39 is 0 Å². The molecule has 1 fully saturated rings. The van der Waals surface area contributed by atoms with Crippen LogP contribution in [0.4, 0.5) is 11.6 Å². The molecule has 0 bridgehead atoms. The summed E-state index contributed by atoms with van der Waals surface area (Å²) in [4.78, 5) is 9.15. The monoisotopic (exact) mass is 249 g/mol. The molecule has 0 radical (unpaired) electrons. The zero-order valence-electron chi connectivity index (χ0n) is 11.9. The topological polar surface area (TPSA) is 75.9 Å². The first-order chi connectivity index (χ1) is 8.25. The maximum Gasteiger partial charge on any atom is 0.148 e. The zero-order valence-corrected chi connectivity index (χ0v) is 11.9. The van der Waals surface area contributed by atoms with E-state index in [1.165, 1.54) is 12.8 Å². The van der Waals surface area contributed by atoms with E-state index in [2.05, 4.69) is 48.4 Å². The lowest BCUT2D eigenvalue weighted by Gasteiger charge is -2.22. The van der Waals surface area contributed by atoms with E-state index in [4.69, 9.17) is 5.84 Å². The molecule has 0 aliphatic heterocycles. The highest BCUT2D eigenvalue weighted by atomic mass is 15.3. The summed E-state index contributed by atoms with van der Waals surface area (Å²) in [6.07, 6.45) is 2.37. The highest BCUT2D eigenvalue weighted by molar-refractivity contribution is 5.58. The number of nitrogens with one attached hydrogen (secondary N) is 2. The maximum absolute atomic E-state index is 5.54. The lowest BCUT2D eigenvalue weighted by molar-refractivity contribution is 0.545. The highest BCUT2D eigenvalue weighted by Gasteiger charge is 2.38. The van der Waals surface area contributed by atoms with Crippen LogP contribution in [0.15, 0.2) is 0 Å². The second kappa shape index (κ2) is 4.09. The van der Waals surface area contributed by atoms with Crippen LogP contribution >= 0.6 is 0 Å². The van der Waals surface area contributed by atoms with Gasteiger partial charge < -0.3 is 10.7 Å². The van der Waals surface area contributed by atoms with E-state index in [1.54, 1.807) is 0 Å². The molecule has 0 amide bonds. The molecular formula is C13H23N5. The molecule has 1 aromatic rings. The fourth-order valence-corrected chi connectivity index (χ4v) is 1.71. The summed E-state index contributed by atoms with van der Waals surface area (Å²) in [7, 11) is 0. The van der Waals surface area contributed by atoms with Gasteiger partial charge in [-0.2, -0.15) is 0 Å². The van der Waals surface area contributed by atoms with Crippen molar-refractivity contribution in [3.8, 4) is 0 Å². The molecule has 5 heteroatoms. The quantitative estimate of drug-likeness (QED) is 0.566. The Bertz CT molecular complexity index is 457. The molecule has 100 valence electrons. The predicted octanol–water partition coefficient (Wildman–Crippen LogP) is 2.33. The predicted molar refractivity (Wildman–Crippen MR) is 74.5 cm³/mol. The lowest BCUT2D eigenvalue weighted by atomic mass is 9.95. The van der Waals surface area contributed by atoms with Crippen molar-refractivity contribution in [1.29, 1.82) is 0 Å². The SMILES string of the molecule is Cc1c(NN)nc(C(C)(C)C)nc1NC1(C)CC1. The zero-order chi connectivity index (χ0) is 13.6. The molecule has 0 atom stereocenters. The summed E-state index contributed by atoms with van der Waals surface area (Å²) < 4.78 is 0. The number of nitrogens with zero attached hydrogens (tertiary/aromatic N) is 2. The summed E-state index contributed by atoms with van der Waals surface area (Å²) in [5.74, 6) is 7.93. The molecule has 1 aliphatic carbocycles. The summed E-state index contributed by atoms with van der Waals surface area (Å²) in [6, 6.07) is 0.